The number of nitrogens with one attached hydrogen (secondary N) is 3. The lowest BCUT2D eigenvalue weighted by molar-refractivity contribution is -0.128. The number of carbonyl (C=O) groups excluding carboxylic acids is 2. The summed E-state index contributed by atoms with van der Waals surface area (Å²) in [5.74, 6) is 1.37. The van der Waals surface area contributed by atoms with Crippen LogP contribution in [0.5, 0.6) is 11.5 Å². The van der Waals surface area contributed by atoms with Gasteiger partial charge in [0.15, 0.2) is 22.6 Å². The van der Waals surface area contributed by atoms with E-state index in [2.05, 4.69) is 20.3 Å². The lowest BCUT2D eigenvalue weighted by atomic mass is 9.88. The third kappa shape index (κ3) is 6.37. The molecule has 0 saturated heterocycles. The maximum absolute atomic E-state index is 13.4. The number of ketones is 1. The Hall–Kier alpha value is -4.51. The first-order chi connectivity index (χ1) is 19.4. The summed E-state index contributed by atoms with van der Waals surface area (Å²) in [5, 5.41) is 6.10. The molecule has 1 aliphatic carbocycles. The molecule has 4 aromatic rings. The van der Waals surface area contributed by atoms with Crippen LogP contribution in [0, 0.1) is 5.92 Å². The third-order valence-corrected chi connectivity index (χ3v) is 7.60. The number of fused-ring (bicyclic) bond motifs is 1. The maximum atomic E-state index is 13.4. The highest BCUT2D eigenvalue weighted by atomic mass is 32.2. The highest BCUT2D eigenvalue weighted by Crippen LogP contribution is 2.31. The molecule has 0 spiro atoms. The minimum absolute atomic E-state index is 0.110. The van der Waals surface area contributed by atoms with E-state index >= 15 is 0 Å². The number of ether oxygens (including phenoxy) is 2. The number of methoxy groups -OCH3 is 2. The number of amides is 1. The Kier molecular flexibility index (Phi) is 8.20. The second-order valence-corrected chi connectivity index (χ2v) is 10.6. The van der Waals surface area contributed by atoms with Crippen molar-refractivity contribution in [2.45, 2.75) is 30.6 Å². The van der Waals surface area contributed by atoms with Crippen molar-refractivity contribution in [1.82, 2.24) is 9.97 Å². The monoisotopic (exact) mass is 559 g/mol. The van der Waals surface area contributed by atoms with Gasteiger partial charge in [-0.2, -0.15) is 0 Å². The molecule has 11 heteroatoms. The van der Waals surface area contributed by atoms with Crippen molar-refractivity contribution in [1.29, 1.82) is 0 Å². The molecule has 1 fully saturated rings. The summed E-state index contributed by atoms with van der Waals surface area (Å²) in [6, 6.07) is 19.5. The van der Waals surface area contributed by atoms with Crippen LogP contribution in [0.1, 0.15) is 25.7 Å². The summed E-state index contributed by atoms with van der Waals surface area (Å²) in [4.78, 5) is 34.3. The number of para-hydroxylation sites is 2. The zero-order valence-electron chi connectivity index (χ0n) is 22.1. The van der Waals surface area contributed by atoms with Gasteiger partial charge in [-0.15, -0.1) is 0 Å². The van der Waals surface area contributed by atoms with Crippen LogP contribution in [0.4, 0.5) is 23.0 Å². The topological polar surface area (TPSA) is 132 Å². The Labute approximate surface area is 234 Å². The molecular formula is C29H29N5O5S. The predicted octanol–water partition coefficient (Wildman–Crippen LogP) is 5.22. The van der Waals surface area contributed by atoms with Crippen LogP contribution in [0.3, 0.4) is 0 Å². The first-order valence-electron chi connectivity index (χ1n) is 12.8. The molecule has 1 aromatic heterocycles. The number of nitrogens with zero attached hydrogens (tertiary/aromatic N) is 2. The van der Waals surface area contributed by atoms with Gasteiger partial charge in [0.25, 0.3) is 0 Å². The van der Waals surface area contributed by atoms with Crippen molar-refractivity contribution < 1.29 is 23.3 Å². The van der Waals surface area contributed by atoms with E-state index in [1.54, 1.807) is 56.7 Å². The first kappa shape index (κ1) is 27.1. The molecule has 1 saturated carbocycles. The Morgan fingerprint density at radius 2 is 1.60 bits per heavy atom. The second-order valence-electron chi connectivity index (χ2n) is 9.36. The van der Waals surface area contributed by atoms with Crippen molar-refractivity contribution >= 4 is 56.7 Å². The fraction of sp³-hybridized carbons (Fsp3) is 0.241. The van der Waals surface area contributed by atoms with Gasteiger partial charge >= 0.3 is 0 Å². The number of Topliss-reactive ketones (excluding diaryl/α,β-unsaturated/α-hetero) is 1. The smallest absolute Gasteiger partial charge is 0.227 e. The Balaban J connectivity index is 1.40. The van der Waals surface area contributed by atoms with Crippen molar-refractivity contribution in [2.24, 2.45) is 5.92 Å². The molecule has 10 nitrogen and oxygen atoms in total. The fourth-order valence-corrected chi connectivity index (χ4v) is 5.38. The minimum atomic E-state index is -1.74. The Bertz CT molecular complexity index is 1570. The van der Waals surface area contributed by atoms with Crippen molar-refractivity contribution in [2.75, 3.05) is 29.6 Å². The Morgan fingerprint density at radius 1 is 0.900 bits per heavy atom. The van der Waals surface area contributed by atoms with Crippen molar-refractivity contribution in [3.63, 3.8) is 0 Å². The Morgan fingerprint density at radius 3 is 2.27 bits per heavy atom. The molecule has 1 amide bonds. The zero-order valence-corrected chi connectivity index (χ0v) is 22.9. The molecule has 3 N–H and O–H groups in total. The lowest BCUT2D eigenvalue weighted by Gasteiger charge is -2.20. The van der Waals surface area contributed by atoms with Gasteiger partial charge in [0.05, 0.1) is 30.1 Å². The van der Waals surface area contributed by atoms with Gasteiger partial charge in [-0.1, -0.05) is 18.2 Å². The van der Waals surface area contributed by atoms with Crippen LogP contribution in [-0.2, 0) is 20.6 Å². The van der Waals surface area contributed by atoms with Crippen LogP contribution in [-0.4, -0.2) is 40.1 Å². The molecule has 3 aromatic carbocycles. The molecule has 0 bridgehead atoms. The quantitative estimate of drug-likeness (QED) is 0.254. The summed E-state index contributed by atoms with van der Waals surface area (Å²) in [5.41, 5.74) is 2.42. The summed E-state index contributed by atoms with van der Waals surface area (Å²) in [7, 11) is 1.39. The number of rotatable bonds is 9. The first-order valence-corrected chi connectivity index (χ1v) is 13.9. The van der Waals surface area contributed by atoms with Gasteiger partial charge in [-0.3, -0.25) is 14.3 Å². The summed E-state index contributed by atoms with van der Waals surface area (Å²) < 4.78 is 27.2. The fourth-order valence-electron chi connectivity index (χ4n) is 4.50. The van der Waals surface area contributed by atoms with Crippen molar-refractivity contribution in [3.8, 4) is 11.5 Å². The van der Waals surface area contributed by atoms with Gasteiger partial charge in [0, 0.05) is 48.3 Å². The SMILES string of the molecule is COc1cc(Nc2nc3ccccc3nc2NS(=O)c2cccc(NC(=O)C3CCCC(=O)C3)c2)cc(OC)c1. The van der Waals surface area contributed by atoms with Crippen LogP contribution in [0.25, 0.3) is 11.0 Å². The number of benzene rings is 3. The summed E-state index contributed by atoms with van der Waals surface area (Å²) in [6.45, 7) is 0. The molecule has 5 rings (SSSR count). The van der Waals surface area contributed by atoms with E-state index in [1.165, 1.54) is 0 Å². The average Bonchev–Trinajstić information content (AvgIpc) is 2.97. The minimum Gasteiger partial charge on any atom is -0.497 e. The average molecular weight is 560 g/mol. The van der Waals surface area contributed by atoms with E-state index in [9.17, 15) is 13.8 Å². The van der Waals surface area contributed by atoms with Gasteiger partial charge in [0.1, 0.15) is 17.3 Å². The van der Waals surface area contributed by atoms with Crippen LogP contribution >= 0.6 is 0 Å². The van der Waals surface area contributed by atoms with Gasteiger partial charge in [-0.25, -0.2) is 14.2 Å². The summed E-state index contributed by atoms with van der Waals surface area (Å²) in [6.07, 6.45) is 2.19. The van der Waals surface area contributed by atoms with E-state index < -0.39 is 11.0 Å². The second kappa shape index (κ2) is 12.1. The zero-order chi connectivity index (χ0) is 28.1. The van der Waals surface area contributed by atoms with E-state index in [4.69, 9.17) is 14.5 Å². The number of carbonyl (C=O) groups is 2. The van der Waals surface area contributed by atoms with Gasteiger partial charge in [-0.05, 0) is 43.2 Å². The van der Waals surface area contributed by atoms with Crippen LogP contribution in [0.15, 0.2) is 71.6 Å². The largest absolute Gasteiger partial charge is 0.497 e. The number of anilines is 4. The number of aromatic nitrogens is 2. The molecular weight excluding hydrogens is 530 g/mol. The molecule has 0 radical (unpaired) electrons. The molecule has 40 heavy (non-hydrogen) atoms. The molecule has 206 valence electrons. The number of hydrogen-bond acceptors (Lipinski definition) is 8. The van der Waals surface area contributed by atoms with Crippen LogP contribution < -0.4 is 24.8 Å². The van der Waals surface area contributed by atoms with E-state index in [1.807, 2.05) is 24.3 Å². The standard InChI is InChI=1S/C29H29N5O5S/c1-38-22-14-20(15-23(17-22)39-2)30-27-28(33-26-12-4-3-11-25(26)32-27)34-40(37)24-10-6-8-19(16-24)31-29(36)18-7-5-9-21(35)13-18/h3-4,6,8,10-12,14-18H,5,7,9,13H2,1-2H3,(H,30,32)(H,31,36)(H,33,34). The molecule has 1 aliphatic rings. The summed E-state index contributed by atoms with van der Waals surface area (Å²) >= 11 is 0. The van der Waals surface area contributed by atoms with E-state index in [0.29, 0.717) is 57.5 Å². The number of hydrogen-bond donors (Lipinski definition) is 3. The molecule has 1 heterocycles. The predicted molar refractivity (Wildman–Crippen MR) is 154 cm³/mol. The van der Waals surface area contributed by atoms with E-state index in [0.717, 1.165) is 6.42 Å². The molecule has 2 unspecified atom stereocenters. The third-order valence-electron chi connectivity index (χ3n) is 6.54. The van der Waals surface area contributed by atoms with Crippen molar-refractivity contribution in [3.05, 3.63) is 66.7 Å². The normalized spacial score (nSPS) is 15.8. The highest BCUT2D eigenvalue weighted by Gasteiger charge is 2.26. The lowest BCUT2D eigenvalue weighted by Crippen LogP contribution is -2.28. The molecule has 0 aliphatic heterocycles. The van der Waals surface area contributed by atoms with Crippen LogP contribution in [0.2, 0.25) is 0 Å². The highest BCUT2D eigenvalue weighted by molar-refractivity contribution is 7.86. The van der Waals surface area contributed by atoms with Gasteiger partial charge in [0.2, 0.25) is 5.91 Å². The molecule has 2 atom stereocenters. The maximum Gasteiger partial charge on any atom is 0.227 e. The van der Waals surface area contributed by atoms with Gasteiger partial charge < -0.3 is 20.1 Å². The van der Waals surface area contributed by atoms with E-state index in [-0.39, 0.29) is 29.8 Å².